The van der Waals surface area contributed by atoms with Crippen molar-refractivity contribution in [3.05, 3.63) is 30.3 Å². The lowest BCUT2D eigenvalue weighted by Gasteiger charge is -2.21. The van der Waals surface area contributed by atoms with Crippen molar-refractivity contribution < 1.29 is 9.90 Å². The van der Waals surface area contributed by atoms with Gasteiger partial charge in [-0.1, -0.05) is 25.1 Å². The van der Waals surface area contributed by atoms with Crippen LogP contribution in [0.4, 0.5) is 0 Å². The van der Waals surface area contributed by atoms with E-state index in [0.717, 1.165) is 12.2 Å². The molecule has 0 saturated carbocycles. The summed E-state index contributed by atoms with van der Waals surface area (Å²) in [6, 6.07) is 10.2. The van der Waals surface area contributed by atoms with Crippen molar-refractivity contribution in [1.29, 1.82) is 0 Å². The third kappa shape index (κ3) is 7.23. The maximum Gasteiger partial charge on any atom is 0.220 e. The number of aliphatic hydroxyl groups is 1. The fourth-order valence-electron chi connectivity index (χ4n) is 1.44. The molecule has 0 spiro atoms. The predicted octanol–water partition coefficient (Wildman–Crippen LogP) is 2.84. The van der Waals surface area contributed by atoms with Crippen LogP contribution in [0.15, 0.2) is 35.2 Å². The molecule has 4 heteroatoms. The van der Waals surface area contributed by atoms with Crippen LogP contribution < -0.4 is 5.32 Å². The van der Waals surface area contributed by atoms with E-state index in [4.69, 9.17) is 0 Å². The second-order valence-electron chi connectivity index (χ2n) is 4.89. The molecule has 3 nitrogen and oxygen atoms in total. The minimum Gasteiger partial charge on any atom is -0.388 e. The van der Waals surface area contributed by atoms with Gasteiger partial charge in [-0.05, 0) is 37.7 Å². The van der Waals surface area contributed by atoms with E-state index in [0.29, 0.717) is 19.4 Å². The molecule has 1 atom stereocenters. The zero-order valence-corrected chi connectivity index (χ0v) is 12.5. The Morgan fingerprint density at radius 1 is 1.37 bits per heavy atom. The number of thioether (sulfide) groups is 1. The largest absolute Gasteiger partial charge is 0.388 e. The molecule has 1 rings (SSSR count). The first-order chi connectivity index (χ1) is 9.03. The molecular weight excluding hydrogens is 258 g/mol. The molecule has 1 amide bonds. The summed E-state index contributed by atoms with van der Waals surface area (Å²) in [7, 11) is 0. The summed E-state index contributed by atoms with van der Waals surface area (Å²) < 4.78 is 0. The topological polar surface area (TPSA) is 49.3 Å². The van der Waals surface area contributed by atoms with Crippen LogP contribution in [-0.4, -0.2) is 28.9 Å². The van der Waals surface area contributed by atoms with Crippen molar-refractivity contribution in [1.82, 2.24) is 5.32 Å². The average molecular weight is 281 g/mol. The van der Waals surface area contributed by atoms with Crippen LogP contribution in [0.25, 0.3) is 0 Å². The quantitative estimate of drug-likeness (QED) is 0.569. The number of hydrogen-bond donors (Lipinski definition) is 2. The number of benzene rings is 1. The van der Waals surface area contributed by atoms with Crippen molar-refractivity contribution in [2.24, 2.45) is 0 Å². The smallest absolute Gasteiger partial charge is 0.220 e. The minimum absolute atomic E-state index is 0.0161. The molecule has 0 aromatic heterocycles. The Morgan fingerprint density at radius 3 is 2.68 bits per heavy atom. The van der Waals surface area contributed by atoms with Crippen LogP contribution in [0.2, 0.25) is 0 Å². The maximum absolute atomic E-state index is 11.6. The van der Waals surface area contributed by atoms with Crippen LogP contribution in [0, 0.1) is 0 Å². The summed E-state index contributed by atoms with van der Waals surface area (Å²) in [5, 5.41) is 12.5. The fourth-order valence-corrected chi connectivity index (χ4v) is 2.32. The van der Waals surface area contributed by atoms with Gasteiger partial charge in [0.25, 0.3) is 0 Å². The van der Waals surface area contributed by atoms with E-state index in [1.54, 1.807) is 18.7 Å². The lowest BCUT2D eigenvalue weighted by atomic mass is 10.0. The Morgan fingerprint density at radius 2 is 2.05 bits per heavy atom. The van der Waals surface area contributed by atoms with Gasteiger partial charge in [0.2, 0.25) is 5.91 Å². The second-order valence-corrected chi connectivity index (χ2v) is 6.06. The first kappa shape index (κ1) is 16.1. The monoisotopic (exact) mass is 281 g/mol. The highest BCUT2D eigenvalue weighted by atomic mass is 32.2. The zero-order valence-electron chi connectivity index (χ0n) is 11.7. The van der Waals surface area contributed by atoms with Gasteiger partial charge >= 0.3 is 0 Å². The predicted molar refractivity (Wildman–Crippen MR) is 80.3 cm³/mol. The van der Waals surface area contributed by atoms with Gasteiger partial charge in [0.1, 0.15) is 0 Å². The van der Waals surface area contributed by atoms with Crippen LogP contribution >= 0.6 is 11.8 Å². The van der Waals surface area contributed by atoms with Gasteiger partial charge in [-0.15, -0.1) is 11.8 Å². The summed E-state index contributed by atoms with van der Waals surface area (Å²) in [4.78, 5) is 12.8. The highest BCUT2D eigenvalue weighted by Gasteiger charge is 2.17. The summed E-state index contributed by atoms with van der Waals surface area (Å²) in [5.41, 5.74) is -0.797. The first-order valence-corrected chi connectivity index (χ1v) is 7.69. The normalized spacial score (nSPS) is 13.8. The summed E-state index contributed by atoms with van der Waals surface area (Å²) in [6.07, 6.45) is 2.00. The van der Waals surface area contributed by atoms with Gasteiger partial charge in [-0.2, -0.15) is 0 Å². The zero-order chi connectivity index (χ0) is 14.1. The molecule has 0 heterocycles. The Bertz CT molecular complexity index is 379. The maximum atomic E-state index is 11.6. The molecule has 0 fully saturated rings. The lowest BCUT2D eigenvalue weighted by Crippen LogP contribution is -2.40. The third-order valence-corrected chi connectivity index (χ3v) is 4.09. The van der Waals surface area contributed by atoms with Gasteiger partial charge in [0.15, 0.2) is 0 Å². The van der Waals surface area contributed by atoms with Crippen molar-refractivity contribution in [2.45, 2.75) is 43.6 Å². The van der Waals surface area contributed by atoms with E-state index in [1.165, 1.54) is 4.90 Å². The average Bonchev–Trinajstić information content (AvgIpc) is 2.43. The van der Waals surface area contributed by atoms with Gasteiger partial charge in [-0.25, -0.2) is 0 Å². The van der Waals surface area contributed by atoms with Gasteiger partial charge < -0.3 is 10.4 Å². The second kappa shape index (κ2) is 8.23. The van der Waals surface area contributed by atoms with Crippen LogP contribution in [-0.2, 0) is 4.79 Å². The highest BCUT2D eigenvalue weighted by Crippen LogP contribution is 2.18. The van der Waals surface area contributed by atoms with Crippen LogP contribution in [0.3, 0.4) is 0 Å². The first-order valence-electron chi connectivity index (χ1n) is 6.70. The molecule has 19 heavy (non-hydrogen) atoms. The standard InChI is InChI=1S/C15H23NO2S/c1-3-15(2,18)12-16-14(17)10-7-11-19-13-8-5-4-6-9-13/h4-6,8-9,18H,3,7,10-12H2,1-2H3,(H,16,17). The molecule has 0 aliphatic rings. The molecule has 1 unspecified atom stereocenters. The summed E-state index contributed by atoms with van der Waals surface area (Å²) in [5.74, 6) is 0.948. The number of rotatable bonds is 8. The van der Waals surface area contributed by atoms with Crippen molar-refractivity contribution in [2.75, 3.05) is 12.3 Å². The molecule has 106 valence electrons. The van der Waals surface area contributed by atoms with Gasteiger partial charge in [0, 0.05) is 17.9 Å². The molecule has 0 aliphatic heterocycles. The van der Waals surface area contributed by atoms with E-state index in [1.807, 2.05) is 25.1 Å². The molecule has 2 N–H and O–H groups in total. The Hall–Kier alpha value is -1.00. The van der Waals surface area contributed by atoms with Crippen molar-refractivity contribution in [3.8, 4) is 0 Å². The van der Waals surface area contributed by atoms with E-state index in [9.17, 15) is 9.90 Å². The van der Waals surface area contributed by atoms with Gasteiger partial charge in [0.05, 0.1) is 5.60 Å². The number of hydrogen-bond acceptors (Lipinski definition) is 3. The van der Waals surface area contributed by atoms with Crippen LogP contribution in [0.1, 0.15) is 33.1 Å². The van der Waals surface area contributed by atoms with Crippen molar-refractivity contribution >= 4 is 17.7 Å². The molecule has 0 bridgehead atoms. The van der Waals surface area contributed by atoms with Crippen molar-refractivity contribution in [3.63, 3.8) is 0 Å². The molecule has 0 aliphatic carbocycles. The number of nitrogens with one attached hydrogen (secondary N) is 1. The number of carbonyl (C=O) groups excluding carboxylic acids is 1. The molecular formula is C15H23NO2S. The third-order valence-electron chi connectivity index (χ3n) is 2.99. The lowest BCUT2D eigenvalue weighted by molar-refractivity contribution is -0.122. The SMILES string of the molecule is CCC(C)(O)CNC(=O)CCCSc1ccccc1. The Balaban J connectivity index is 2.11. The minimum atomic E-state index is -0.797. The Kier molecular flexibility index (Phi) is 6.95. The number of amides is 1. The molecule has 0 saturated heterocycles. The molecule has 1 aromatic rings. The van der Waals surface area contributed by atoms with E-state index >= 15 is 0 Å². The highest BCUT2D eigenvalue weighted by molar-refractivity contribution is 7.99. The van der Waals surface area contributed by atoms with E-state index < -0.39 is 5.60 Å². The fraction of sp³-hybridized carbons (Fsp3) is 0.533. The van der Waals surface area contributed by atoms with E-state index in [2.05, 4.69) is 17.4 Å². The van der Waals surface area contributed by atoms with Gasteiger partial charge in [-0.3, -0.25) is 4.79 Å². The van der Waals surface area contributed by atoms with E-state index in [-0.39, 0.29) is 5.91 Å². The molecule has 0 radical (unpaired) electrons. The molecule has 1 aromatic carbocycles. The number of carbonyl (C=O) groups is 1. The summed E-state index contributed by atoms with van der Waals surface area (Å²) >= 11 is 1.76. The summed E-state index contributed by atoms with van der Waals surface area (Å²) in [6.45, 7) is 3.97. The Labute approximate surface area is 119 Å². The van der Waals surface area contributed by atoms with Crippen LogP contribution in [0.5, 0.6) is 0 Å².